The molecule has 8 nitrogen and oxygen atoms in total. The molecule has 1 saturated carbocycles. The standard InChI is InChI=1S/C22H27F2N7O/c1-12(25)18(8-13-2-3-13)29-22-17(24)10-16(20(26)32)21(30-22)28-15-5-4-14-11-27-31(7-6-23)19(14)9-15/h4-5,9-13,18H,2-3,6-8,25H2,1H3,(H2,26,32)(H2,28,29,30)/t12-,18+/m0/s1. The number of nitrogens with one attached hydrogen (secondary N) is 2. The summed E-state index contributed by atoms with van der Waals surface area (Å²) in [6, 6.07) is 6.06. The van der Waals surface area contributed by atoms with Crippen LogP contribution in [0.2, 0.25) is 0 Å². The van der Waals surface area contributed by atoms with E-state index in [1.807, 2.05) is 13.0 Å². The molecule has 3 aromatic rings. The van der Waals surface area contributed by atoms with E-state index in [4.69, 9.17) is 11.5 Å². The van der Waals surface area contributed by atoms with Gasteiger partial charge in [0.15, 0.2) is 11.6 Å². The van der Waals surface area contributed by atoms with Crippen molar-refractivity contribution in [2.75, 3.05) is 17.3 Å². The van der Waals surface area contributed by atoms with E-state index >= 15 is 0 Å². The Labute approximate surface area is 184 Å². The Bertz CT molecular complexity index is 1130. The van der Waals surface area contributed by atoms with Gasteiger partial charge in [-0.15, -0.1) is 0 Å². The maximum Gasteiger partial charge on any atom is 0.252 e. The van der Waals surface area contributed by atoms with E-state index in [1.165, 1.54) is 0 Å². The van der Waals surface area contributed by atoms with Crippen molar-refractivity contribution in [1.82, 2.24) is 14.8 Å². The normalized spacial score (nSPS) is 15.5. The Morgan fingerprint density at radius 3 is 2.75 bits per heavy atom. The van der Waals surface area contributed by atoms with Crippen LogP contribution >= 0.6 is 0 Å². The molecule has 1 aliphatic rings. The molecule has 0 bridgehead atoms. The van der Waals surface area contributed by atoms with Crippen LogP contribution in [-0.4, -0.2) is 39.4 Å². The predicted molar refractivity (Wildman–Crippen MR) is 120 cm³/mol. The number of nitrogens with two attached hydrogens (primary N) is 2. The van der Waals surface area contributed by atoms with Crippen molar-refractivity contribution in [3.8, 4) is 0 Å². The van der Waals surface area contributed by atoms with Crippen LogP contribution in [0, 0.1) is 11.7 Å². The van der Waals surface area contributed by atoms with E-state index in [1.54, 1.807) is 23.0 Å². The third-order valence-corrected chi connectivity index (χ3v) is 5.69. The van der Waals surface area contributed by atoms with Crippen LogP contribution in [-0.2, 0) is 6.54 Å². The summed E-state index contributed by atoms with van der Waals surface area (Å²) in [6.45, 7) is 1.45. The summed E-state index contributed by atoms with van der Waals surface area (Å²) in [5.74, 6) is -0.779. The Morgan fingerprint density at radius 2 is 2.09 bits per heavy atom. The molecule has 0 radical (unpaired) electrons. The highest BCUT2D eigenvalue weighted by Crippen LogP contribution is 2.35. The molecule has 1 aromatic carbocycles. The van der Waals surface area contributed by atoms with Gasteiger partial charge in [0.1, 0.15) is 12.5 Å². The third kappa shape index (κ3) is 4.80. The van der Waals surface area contributed by atoms with E-state index in [0.717, 1.165) is 36.2 Å². The molecule has 2 atom stereocenters. The number of rotatable bonds is 10. The van der Waals surface area contributed by atoms with Crippen LogP contribution in [0.3, 0.4) is 0 Å². The minimum Gasteiger partial charge on any atom is -0.365 e. The molecule has 170 valence electrons. The summed E-state index contributed by atoms with van der Waals surface area (Å²) in [5, 5.41) is 11.2. The molecule has 0 aliphatic heterocycles. The number of fused-ring (bicyclic) bond motifs is 1. The van der Waals surface area contributed by atoms with Crippen molar-refractivity contribution < 1.29 is 13.6 Å². The van der Waals surface area contributed by atoms with Crippen LogP contribution in [0.4, 0.5) is 26.1 Å². The summed E-state index contributed by atoms with van der Waals surface area (Å²) in [5.41, 5.74) is 12.8. The Kier molecular flexibility index (Phi) is 6.22. The van der Waals surface area contributed by atoms with Crippen LogP contribution in [0.5, 0.6) is 0 Å². The molecule has 32 heavy (non-hydrogen) atoms. The summed E-state index contributed by atoms with van der Waals surface area (Å²) in [4.78, 5) is 16.3. The van der Waals surface area contributed by atoms with Crippen molar-refractivity contribution in [3.63, 3.8) is 0 Å². The zero-order chi connectivity index (χ0) is 22.8. The average molecular weight is 444 g/mol. The number of carbonyl (C=O) groups excluding carboxylic acids is 1. The SMILES string of the molecule is C[C@H](N)[C@@H](CC1CC1)Nc1nc(Nc2ccc3cnn(CCF)c3c2)c(C(N)=O)cc1F. The topological polar surface area (TPSA) is 124 Å². The second-order valence-corrected chi connectivity index (χ2v) is 8.32. The molecule has 1 aliphatic carbocycles. The number of amides is 1. The lowest BCUT2D eigenvalue weighted by atomic mass is 10.0. The highest BCUT2D eigenvalue weighted by atomic mass is 19.1. The average Bonchev–Trinajstić information content (AvgIpc) is 3.49. The Hall–Kier alpha value is -3.27. The first kappa shape index (κ1) is 21.9. The van der Waals surface area contributed by atoms with E-state index in [2.05, 4.69) is 20.7 Å². The highest BCUT2D eigenvalue weighted by Gasteiger charge is 2.28. The van der Waals surface area contributed by atoms with E-state index in [-0.39, 0.29) is 35.8 Å². The van der Waals surface area contributed by atoms with Gasteiger partial charge < -0.3 is 22.1 Å². The first-order chi connectivity index (χ1) is 15.4. The molecule has 4 rings (SSSR count). The maximum absolute atomic E-state index is 14.8. The highest BCUT2D eigenvalue weighted by molar-refractivity contribution is 5.99. The van der Waals surface area contributed by atoms with Crippen LogP contribution < -0.4 is 22.1 Å². The van der Waals surface area contributed by atoms with E-state index in [9.17, 15) is 13.6 Å². The van der Waals surface area contributed by atoms with Gasteiger partial charge in [0.05, 0.1) is 23.8 Å². The number of nitrogens with zero attached hydrogens (tertiary/aromatic N) is 3. The lowest BCUT2D eigenvalue weighted by Crippen LogP contribution is -2.39. The second kappa shape index (κ2) is 9.07. The van der Waals surface area contributed by atoms with Gasteiger partial charge >= 0.3 is 0 Å². The van der Waals surface area contributed by atoms with Gasteiger partial charge in [-0.1, -0.05) is 12.8 Å². The fourth-order valence-electron chi connectivity index (χ4n) is 3.71. The third-order valence-electron chi connectivity index (χ3n) is 5.69. The number of hydrogen-bond acceptors (Lipinski definition) is 6. The number of primary amides is 1. The van der Waals surface area contributed by atoms with Crippen LogP contribution in [0.25, 0.3) is 10.9 Å². The van der Waals surface area contributed by atoms with E-state index < -0.39 is 18.4 Å². The monoisotopic (exact) mass is 443 g/mol. The predicted octanol–water partition coefficient (Wildman–Crippen LogP) is 3.31. The number of aryl methyl sites for hydroxylation is 1. The zero-order valence-corrected chi connectivity index (χ0v) is 17.8. The van der Waals surface area contributed by atoms with Crippen LogP contribution in [0.1, 0.15) is 36.5 Å². The van der Waals surface area contributed by atoms with E-state index in [0.29, 0.717) is 11.6 Å². The van der Waals surface area contributed by atoms with Gasteiger partial charge in [-0.2, -0.15) is 5.10 Å². The second-order valence-electron chi connectivity index (χ2n) is 8.32. The lowest BCUT2D eigenvalue weighted by Gasteiger charge is -2.24. The summed E-state index contributed by atoms with van der Waals surface area (Å²) in [7, 11) is 0. The molecular weight excluding hydrogens is 416 g/mol. The molecule has 1 amide bonds. The summed E-state index contributed by atoms with van der Waals surface area (Å²) in [6.07, 6.45) is 4.77. The molecule has 0 spiro atoms. The number of pyridine rings is 1. The smallest absolute Gasteiger partial charge is 0.252 e. The molecule has 2 aromatic heterocycles. The van der Waals surface area contributed by atoms with Gasteiger partial charge in [0.2, 0.25) is 0 Å². The number of aromatic nitrogens is 3. The van der Waals surface area contributed by atoms with Gasteiger partial charge in [0, 0.05) is 23.2 Å². The van der Waals surface area contributed by atoms with Gasteiger partial charge in [-0.05, 0) is 43.5 Å². The first-order valence-corrected chi connectivity index (χ1v) is 10.7. The number of alkyl halides is 1. The van der Waals surface area contributed by atoms with Gasteiger partial charge in [-0.25, -0.2) is 13.8 Å². The molecule has 2 heterocycles. The quantitative estimate of drug-likeness (QED) is 0.381. The summed E-state index contributed by atoms with van der Waals surface area (Å²) >= 11 is 0. The molecule has 0 unspecified atom stereocenters. The minimum atomic E-state index is -0.810. The maximum atomic E-state index is 14.8. The molecular formula is C22H27F2N7O. The zero-order valence-electron chi connectivity index (χ0n) is 17.8. The first-order valence-electron chi connectivity index (χ1n) is 10.7. The van der Waals surface area contributed by atoms with Crippen molar-refractivity contribution in [2.24, 2.45) is 17.4 Å². The largest absolute Gasteiger partial charge is 0.365 e. The molecule has 1 fully saturated rings. The number of halogens is 2. The molecule has 6 N–H and O–H groups in total. The van der Waals surface area contributed by atoms with Crippen molar-refractivity contribution >= 4 is 34.1 Å². The number of carbonyl (C=O) groups is 1. The number of benzene rings is 1. The number of anilines is 3. The number of hydrogen-bond donors (Lipinski definition) is 4. The fraction of sp³-hybridized carbons (Fsp3) is 0.409. The molecule has 10 heteroatoms. The van der Waals surface area contributed by atoms with Crippen molar-refractivity contribution in [2.45, 2.75) is 44.8 Å². The van der Waals surface area contributed by atoms with Crippen molar-refractivity contribution in [3.05, 3.63) is 41.8 Å². The molecule has 0 saturated heterocycles. The minimum absolute atomic E-state index is 0.00370. The summed E-state index contributed by atoms with van der Waals surface area (Å²) < 4.78 is 29.1. The van der Waals surface area contributed by atoms with Gasteiger partial charge in [-0.3, -0.25) is 9.48 Å². The lowest BCUT2D eigenvalue weighted by molar-refractivity contribution is 0.100. The van der Waals surface area contributed by atoms with Crippen LogP contribution in [0.15, 0.2) is 30.5 Å². The van der Waals surface area contributed by atoms with Gasteiger partial charge in [0.25, 0.3) is 5.91 Å². The Balaban J connectivity index is 1.66. The fourth-order valence-corrected chi connectivity index (χ4v) is 3.71. The van der Waals surface area contributed by atoms with Crippen molar-refractivity contribution in [1.29, 1.82) is 0 Å². The Morgan fingerprint density at radius 1 is 1.31 bits per heavy atom.